The normalized spacial score (nSPS) is 45.5. The Morgan fingerprint density at radius 3 is 2.67 bits per heavy atom. The molecule has 0 unspecified atom stereocenters. The summed E-state index contributed by atoms with van der Waals surface area (Å²) in [6, 6.07) is 0. The molecule has 0 amide bonds. The Labute approximate surface area is 73.2 Å². The van der Waals surface area contributed by atoms with Gasteiger partial charge in [0, 0.05) is 0 Å². The van der Waals surface area contributed by atoms with Gasteiger partial charge in [-0.1, -0.05) is 11.1 Å². The van der Waals surface area contributed by atoms with Crippen molar-refractivity contribution in [1.29, 1.82) is 0 Å². The van der Waals surface area contributed by atoms with Crippen LogP contribution in [0.1, 0.15) is 33.6 Å². The van der Waals surface area contributed by atoms with Gasteiger partial charge in [0.2, 0.25) is 0 Å². The second-order valence-electron chi connectivity index (χ2n) is 4.32. The zero-order chi connectivity index (χ0) is 8.93. The molecule has 3 atom stereocenters. The molecule has 1 saturated heterocycles. The molecule has 0 aromatic carbocycles. The van der Waals surface area contributed by atoms with Crippen LogP contribution in [0.2, 0.25) is 0 Å². The summed E-state index contributed by atoms with van der Waals surface area (Å²) in [7, 11) is 0. The van der Waals surface area contributed by atoms with E-state index in [4.69, 9.17) is 4.74 Å². The lowest BCUT2D eigenvalue weighted by atomic mass is 9.83. The molecule has 1 saturated carbocycles. The van der Waals surface area contributed by atoms with Crippen LogP contribution < -0.4 is 0 Å². The van der Waals surface area contributed by atoms with Gasteiger partial charge in [-0.05, 0) is 33.6 Å². The van der Waals surface area contributed by atoms with Crippen molar-refractivity contribution in [3.8, 4) is 0 Å². The van der Waals surface area contributed by atoms with E-state index in [0.29, 0.717) is 0 Å². The van der Waals surface area contributed by atoms with E-state index >= 15 is 0 Å². The lowest BCUT2D eigenvalue weighted by Gasteiger charge is -2.23. The van der Waals surface area contributed by atoms with Crippen LogP contribution in [0.5, 0.6) is 0 Å². The number of rotatable bonds is 0. The molecule has 2 aliphatic rings. The molecule has 12 heavy (non-hydrogen) atoms. The van der Waals surface area contributed by atoms with Crippen LogP contribution in [0.4, 0.5) is 0 Å². The van der Waals surface area contributed by atoms with Crippen molar-refractivity contribution >= 4 is 0 Å². The minimum absolute atomic E-state index is 0.209. The van der Waals surface area contributed by atoms with Crippen LogP contribution in [0.15, 0.2) is 11.1 Å². The summed E-state index contributed by atoms with van der Waals surface area (Å²) >= 11 is 0. The molecule has 2 rings (SSSR count). The van der Waals surface area contributed by atoms with Crippen molar-refractivity contribution in [1.82, 2.24) is 0 Å². The van der Waals surface area contributed by atoms with E-state index in [2.05, 4.69) is 13.8 Å². The van der Waals surface area contributed by atoms with Gasteiger partial charge in [0.05, 0.1) is 12.2 Å². The summed E-state index contributed by atoms with van der Waals surface area (Å²) in [5.41, 5.74) is 2.51. The molecule has 1 aliphatic heterocycles. The second kappa shape index (κ2) is 2.33. The third kappa shape index (κ3) is 1.02. The van der Waals surface area contributed by atoms with Crippen molar-refractivity contribution in [2.75, 3.05) is 0 Å². The predicted molar refractivity (Wildman–Crippen MR) is 46.9 cm³/mol. The number of epoxide rings is 1. The van der Waals surface area contributed by atoms with Crippen LogP contribution in [0.25, 0.3) is 0 Å². The minimum atomic E-state index is -0.291. The number of aliphatic hydroxyl groups is 1. The standard InChI is InChI=1S/C10H16O2/c1-6(2)7-4-8(11)10(3)9(5-7)12-10/h8-9,11H,4-5H2,1-3H3/t8-,9-,10-/m0/s1. The van der Waals surface area contributed by atoms with Crippen LogP contribution in [0, 0.1) is 0 Å². The van der Waals surface area contributed by atoms with Crippen molar-refractivity contribution in [3.63, 3.8) is 0 Å². The van der Waals surface area contributed by atoms with E-state index in [1.807, 2.05) is 6.92 Å². The number of hydrogen-bond donors (Lipinski definition) is 1. The van der Waals surface area contributed by atoms with E-state index in [9.17, 15) is 5.11 Å². The van der Waals surface area contributed by atoms with Crippen LogP contribution >= 0.6 is 0 Å². The van der Waals surface area contributed by atoms with Crippen LogP contribution in [-0.2, 0) is 4.74 Å². The zero-order valence-electron chi connectivity index (χ0n) is 7.92. The maximum Gasteiger partial charge on any atom is 0.118 e. The van der Waals surface area contributed by atoms with Gasteiger partial charge in [0.1, 0.15) is 5.60 Å². The van der Waals surface area contributed by atoms with E-state index in [1.165, 1.54) is 11.1 Å². The first kappa shape index (κ1) is 8.27. The van der Waals surface area contributed by atoms with E-state index in [1.54, 1.807) is 0 Å². The summed E-state index contributed by atoms with van der Waals surface area (Å²) in [5.74, 6) is 0. The second-order valence-corrected chi connectivity index (χ2v) is 4.32. The quantitative estimate of drug-likeness (QED) is 0.440. The molecule has 68 valence electrons. The molecule has 1 N–H and O–H groups in total. The number of hydrogen-bond acceptors (Lipinski definition) is 2. The Balaban J connectivity index is 2.17. The van der Waals surface area contributed by atoms with Gasteiger partial charge in [0.15, 0.2) is 0 Å². The molecule has 0 aromatic rings. The Morgan fingerprint density at radius 2 is 2.17 bits per heavy atom. The first-order valence-corrected chi connectivity index (χ1v) is 4.55. The third-order valence-corrected chi connectivity index (χ3v) is 3.22. The monoisotopic (exact) mass is 168 g/mol. The Kier molecular flexibility index (Phi) is 1.61. The summed E-state index contributed by atoms with van der Waals surface area (Å²) in [6.45, 7) is 6.21. The number of fused-ring (bicyclic) bond motifs is 1. The highest BCUT2D eigenvalue weighted by Gasteiger charge is 2.59. The molecule has 0 bridgehead atoms. The first-order chi connectivity index (χ1) is 5.54. The lowest BCUT2D eigenvalue weighted by molar-refractivity contribution is 0.0839. The summed E-state index contributed by atoms with van der Waals surface area (Å²) in [5, 5.41) is 9.74. The van der Waals surface area contributed by atoms with Gasteiger partial charge in [-0.2, -0.15) is 0 Å². The van der Waals surface area contributed by atoms with Gasteiger partial charge >= 0.3 is 0 Å². The smallest absolute Gasteiger partial charge is 0.118 e. The van der Waals surface area contributed by atoms with Gasteiger partial charge in [0.25, 0.3) is 0 Å². The number of aliphatic hydroxyl groups excluding tert-OH is 1. The third-order valence-electron chi connectivity index (χ3n) is 3.22. The molecule has 0 spiro atoms. The maximum absolute atomic E-state index is 9.74. The Morgan fingerprint density at radius 1 is 1.50 bits per heavy atom. The van der Waals surface area contributed by atoms with Crippen molar-refractivity contribution < 1.29 is 9.84 Å². The molecule has 0 radical (unpaired) electrons. The van der Waals surface area contributed by atoms with E-state index < -0.39 is 0 Å². The molecule has 0 aromatic heterocycles. The molecule has 2 heteroatoms. The first-order valence-electron chi connectivity index (χ1n) is 4.55. The van der Waals surface area contributed by atoms with Gasteiger partial charge in [-0.3, -0.25) is 0 Å². The Hall–Kier alpha value is -0.340. The molecular weight excluding hydrogens is 152 g/mol. The van der Waals surface area contributed by atoms with Crippen molar-refractivity contribution in [2.24, 2.45) is 0 Å². The van der Waals surface area contributed by atoms with E-state index in [-0.39, 0.29) is 17.8 Å². The highest BCUT2D eigenvalue weighted by atomic mass is 16.6. The molecule has 2 fully saturated rings. The highest BCUT2D eigenvalue weighted by Crippen LogP contribution is 2.49. The fourth-order valence-corrected chi connectivity index (χ4v) is 1.96. The topological polar surface area (TPSA) is 32.8 Å². The predicted octanol–water partition coefficient (Wildman–Crippen LogP) is 1.64. The highest BCUT2D eigenvalue weighted by molar-refractivity contribution is 5.24. The molecule has 1 aliphatic carbocycles. The largest absolute Gasteiger partial charge is 0.390 e. The van der Waals surface area contributed by atoms with Crippen LogP contribution in [-0.4, -0.2) is 22.9 Å². The van der Waals surface area contributed by atoms with Crippen LogP contribution in [0.3, 0.4) is 0 Å². The van der Waals surface area contributed by atoms with Crippen molar-refractivity contribution in [2.45, 2.75) is 51.4 Å². The Bertz CT molecular complexity index is 240. The maximum atomic E-state index is 9.74. The fourth-order valence-electron chi connectivity index (χ4n) is 1.96. The average molecular weight is 168 g/mol. The number of ether oxygens (including phenoxy) is 1. The average Bonchev–Trinajstić information content (AvgIpc) is 2.62. The summed E-state index contributed by atoms with van der Waals surface area (Å²) < 4.78 is 5.47. The van der Waals surface area contributed by atoms with Gasteiger partial charge in [-0.25, -0.2) is 0 Å². The fraction of sp³-hybridized carbons (Fsp3) is 0.800. The molecular formula is C10H16O2. The summed E-state index contributed by atoms with van der Waals surface area (Å²) in [4.78, 5) is 0. The molecule has 2 nitrogen and oxygen atoms in total. The van der Waals surface area contributed by atoms with Gasteiger partial charge < -0.3 is 9.84 Å². The number of allylic oxidation sites excluding steroid dienone is 1. The zero-order valence-corrected chi connectivity index (χ0v) is 7.92. The van der Waals surface area contributed by atoms with Gasteiger partial charge in [-0.15, -0.1) is 0 Å². The van der Waals surface area contributed by atoms with E-state index in [0.717, 1.165) is 12.8 Å². The summed E-state index contributed by atoms with van der Waals surface area (Å²) in [6.07, 6.45) is 1.82. The SMILES string of the molecule is CC(C)=C1C[C@@H]2O[C@@]2(C)[C@@H](O)C1. The minimum Gasteiger partial charge on any atom is -0.390 e. The molecule has 1 heterocycles. The van der Waals surface area contributed by atoms with Crippen molar-refractivity contribution in [3.05, 3.63) is 11.1 Å². The lowest BCUT2D eigenvalue weighted by Crippen LogP contribution is -2.33.